The Labute approximate surface area is 111 Å². The second kappa shape index (κ2) is 5.19. The Morgan fingerprint density at radius 2 is 2.06 bits per heavy atom. The third-order valence-corrected chi connectivity index (χ3v) is 2.95. The van der Waals surface area contributed by atoms with Crippen molar-refractivity contribution in [2.24, 2.45) is 4.99 Å². The number of rotatable bonds is 2. The molecule has 92 valence electrons. The summed E-state index contributed by atoms with van der Waals surface area (Å²) in [6.07, 6.45) is 5.00. The summed E-state index contributed by atoms with van der Waals surface area (Å²) in [5.74, 6) is 0.0255. The van der Waals surface area contributed by atoms with Crippen molar-refractivity contribution < 1.29 is 4.79 Å². The minimum Gasteiger partial charge on any atom is -0.387 e. The Hall–Kier alpha value is -1.87. The molecule has 2 rings (SSSR count). The van der Waals surface area contributed by atoms with Crippen molar-refractivity contribution in [3.63, 3.8) is 0 Å². The SMILES string of the molecule is CNc1ccc(N=C2C=CC(=O)C(C)=C2)cc1Cl. The van der Waals surface area contributed by atoms with Gasteiger partial charge in [0.15, 0.2) is 5.78 Å². The Bertz CT molecular complexity index is 585. The van der Waals surface area contributed by atoms with Gasteiger partial charge in [0.2, 0.25) is 0 Å². The molecule has 1 N–H and O–H groups in total. The van der Waals surface area contributed by atoms with Gasteiger partial charge in [0.1, 0.15) is 0 Å². The van der Waals surface area contributed by atoms with Crippen molar-refractivity contribution >= 4 is 34.5 Å². The number of allylic oxidation sites excluding steroid dienone is 4. The molecule has 0 bridgehead atoms. The number of ketones is 1. The van der Waals surface area contributed by atoms with E-state index in [1.54, 1.807) is 25.1 Å². The van der Waals surface area contributed by atoms with Crippen molar-refractivity contribution in [3.8, 4) is 0 Å². The van der Waals surface area contributed by atoms with Crippen LogP contribution in [0.25, 0.3) is 0 Å². The standard InChI is InChI=1S/C14H13ClN2O/c1-9-7-10(4-6-14(9)18)17-11-3-5-13(16-2)12(15)8-11/h3-8,16H,1-2H3. The largest absolute Gasteiger partial charge is 0.387 e. The van der Waals surface area contributed by atoms with Crippen LogP contribution in [0, 0.1) is 0 Å². The van der Waals surface area contributed by atoms with Crippen LogP contribution in [0.5, 0.6) is 0 Å². The molecule has 0 radical (unpaired) electrons. The number of anilines is 1. The molecule has 1 aromatic rings. The third-order valence-electron chi connectivity index (χ3n) is 2.64. The summed E-state index contributed by atoms with van der Waals surface area (Å²) in [5.41, 5.74) is 3.06. The predicted molar refractivity (Wildman–Crippen MR) is 76.0 cm³/mol. The molecule has 0 heterocycles. The zero-order chi connectivity index (χ0) is 13.1. The molecule has 4 heteroatoms. The second-order valence-corrected chi connectivity index (χ2v) is 4.38. The molecular formula is C14H13ClN2O. The molecule has 0 unspecified atom stereocenters. The van der Waals surface area contributed by atoms with Gasteiger partial charge in [0.05, 0.1) is 22.1 Å². The summed E-state index contributed by atoms with van der Waals surface area (Å²) >= 11 is 6.08. The predicted octanol–water partition coefficient (Wildman–Crippen LogP) is 3.54. The summed E-state index contributed by atoms with van der Waals surface area (Å²) in [7, 11) is 1.81. The van der Waals surface area contributed by atoms with Crippen LogP contribution >= 0.6 is 11.6 Å². The van der Waals surface area contributed by atoms with Gasteiger partial charge in [-0.05, 0) is 48.9 Å². The molecule has 18 heavy (non-hydrogen) atoms. The lowest BCUT2D eigenvalue weighted by Gasteiger charge is -2.06. The van der Waals surface area contributed by atoms with Gasteiger partial charge in [-0.15, -0.1) is 0 Å². The second-order valence-electron chi connectivity index (χ2n) is 3.98. The lowest BCUT2D eigenvalue weighted by Crippen LogP contribution is -2.04. The first kappa shape index (κ1) is 12.6. The van der Waals surface area contributed by atoms with E-state index >= 15 is 0 Å². The smallest absolute Gasteiger partial charge is 0.181 e. The molecule has 3 nitrogen and oxygen atoms in total. The molecule has 0 saturated carbocycles. The lowest BCUT2D eigenvalue weighted by molar-refractivity contribution is -0.111. The molecule has 0 aromatic heterocycles. The highest BCUT2D eigenvalue weighted by atomic mass is 35.5. The van der Waals surface area contributed by atoms with Gasteiger partial charge in [-0.2, -0.15) is 0 Å². The molecule has 0 saturated heterocycles. The third kappa shape index (κ3) is 2.68. The highest BCUT2D eigenvalue weighted by molar-refractivity contribution is 6.33. The quantitative estimate of drug-likeness (QED) is 0.827. The summed E-state index contributed by atoms with van der Waals surface area (Å²) in [4.78, 5) is 15.7. The van der Waals surface area contributed by atoms with Crippen LogP contribution in [0.4, 0.5) is 11.4 Å². The van der Waals surface area contributed by atoms with Gasteiger partial charge in [-0.1, -0.05) is 11.6 Å². The highest BCUT2D eigenvalue weighted by Crippen LogP contribution is 2.27. The number of hydrogen-bond acceptors (Lipinski definition) is 3. The number of benzene rings is 1. The summed E-state index contributed by atoms with van der Waals surface area (Å²) < 4.78 is 0. The van der Waals surface area contributed by atoms with Gasteiger partial charge < -0.3 is 5.32 Å². The molecular weight excluding hydrogens is 248 g/mol. The van der Waals surface area contributed by atoms with Crippen LogP contribution in [-0.4, -0.2) is 18.5 Å². The van der Waals surface area contributed by atoms with Crippen molar-refractivity contribution in [1.29, 1.82) is 0 Å². The van der Waals surface area contributed by atoms with E-state index in [1.165, 1.54) is 6.08 Å². The highest BCUT2D eigenvalue weighted by Gasteiger charge is 2.07. The number of nitrogens with one attached hydrogen (secondary N) is 1. The first-order valence-corrected chi connectivity index (χ1v) is 5.94. The first-order chi connectivity index (χ1) is 8.60. The van der Waals surface area contributed by atoms with Crippen LogP contribution in [0.1, 0.15) is 6.92 Å². The molecule has 0 amide bonds. The Morgan fingerprint density at radius 1 is 1.28 bits per heavy atom. The van der Waals surface area contributed by atoms with Crippen LogP contribution in [-0.2, 0) is 4.79 Å². The van der Waals surface area contributed by atoms with E-state index < -0.39 is 0 Å². The Kier molecular flexibility index (Phi) is 3.63. The topological polar surface area (TPSA) is 41.5 Å². The normalized spacial score (nSPS) is 16.9. The van der Waals surface area contributed by atoms with Crippen LogP contribution in [0.3, 0.4) is 0 Å². The van der Waals surface area contributed by atoms with Crippen LogP contribution in [0.15, 0.2) is 47.0 Å². The Balaban J connectivity index is 2.32. The summed E-state index contributed by atoms with van der Waals surface area (Å²) in [6.45, 7) is 1.78. The maximum atomic E-state index is 11.3. The number of carbonyl (C=O) groups excluding carboxylic acids is 1. The van der Waals surface area contributed by atoms with Gasteiger partial charge in [-0.25, -0.2) is 4.99 Å². The van der Waals surface area contributed by atoms with Crippen molar-refractivity contribution in [3.05, 3.63) is 47.0 Å². The fourth-order valence-electron chi connectivity index (χ4n) is 1.63. The van der Waals surface area contributed by atoms with E-state index in [0.29, 0.717) is 10.6 Å². The van der Waals surface area contributed by atoms with Crippen LogP contribution in [0.2, 0.25) is 5.02 Å². The summed E-state index contributed by atoms with van der Waals surface area (Å²) in [5, 5.41) is 3.61. The zero-order valence-corrected chi connectivity index (χ0v) is 11.0. The van der Waals surface area contributed by atoms with Gasteiger partial charge in [0.25, 0.3) is 0 Å². The fourth-order valence-corrected chi connectivity index (χ4v) is 1.90. The molecule has 1 aliphatic rings. The number of carbonyl (C=O) groups is 1. The number of hydrogen-bond donors (Lipinski definition) is 1. The summed E-state index contributed by atoms with van der Waals surface area (Å²) in [6, 6.07) is 5.53. The van der Waals surface area contributed by atoms with E-state index in [2.05, 4.69) is 10.3 Å². The van der Waals surface area contributed by atoms with E-state index in [1.807, 2.05) is 19.2 Å². The zero-order valence-electron chi connectivity index (χ0n) is 10.2. The first-order valence-electron chi connectivity index (χ1n) is 5.57. The molecule has 0 aliphatic heterocycles. The molecule has 1 aliphatic carbocycles. The van der Waals surface area contributed by atoms with E-state index in [0.717, 1.165) is 17.1 Å². The monoisotopic (exact) mass is 260 g/mol. The average molecular weight is 261 g/mol. The van der Waals surface area contributed by atoms with Crippen molar-refractivity contribution in [2.75, 3.05) is 12.4 Å². The Morgan fingerprint density at radius 3 is 2.67 bits per heavy atom. The van der Waals surface area contributed by atoms with E-state index in [9.17, 15) is 4.79 Å². The number of aliphatic imine (C=N–C) groups is 1. The maximum Gasteiger partial charge on any atom is 0.181 e. The maximum absolute atomic E-state index is 11.3. The minimum absolute atomic E-state index is 0.0255. The van der Waals surface area contributed by atoms with Crippen molar-refractivity contribution in [2.45, 2.75) is 6.92 Å². The molecule has 0 atom stereocenters. The molecule has 1 aromatic carbocycles. The van der Waals surface area contributed by atoms with Crippen molar-refractivity contribution in [1.82, 2.24) is 0 Å². The molecule has 0 fully saturated rings. The molecule has 0 spiro atoms. The van der Waals surface area contributed by atoms with Gasteiger partial charge >= 0.3 is 0 Å². The lowest BCUT2D eigenvalue weighted by atomic mass is 10.1. The number of nitrogens with zero attached hydrogens (tertiary/aromatic N) is 1. The van der Waals surface area contributed by atoms with E-state index in [4.69, 9.17) is 11.6 Å². The van der Waals surface area contributed by atoms with Crippen LogP contribution < -0.4 is 5.32 Å². The minimum atomic E-state index is 0.0255. The fraction of sp³-hybridized carbons (Fsp3) is 0.143. The van der Waals surface area contributed by atoms with E-state index in [-0.39, 0.29) is 5.78 Å². The average Bonchev–Trinajstić information content (AvgIpc) is 2.34. The van der Waals surface area contributed by atoms with Gasteiger partial charge in [-0.3, -0.25) is 4.79 Å². The number of halogens is 1. The van der Waals surface area contributed by atoms with Gasteiger partial charge in [0, 0.05) is 7.05 Å².